The van der Waals surface area contributed by atoms with Crippen molar-refractivity contribution in [3.05, 3.63) is 27.7 Å². The first-order valence-electron chi connectivity index (χ1n) is 5.11. The lowest BCUT2D eigenvalue weighted by Gasteiger charge is -2.13. The fourth-order valence-corrected chi connectivity index (χ4v) is 2.33. The Hall–Kier alpha value is -1.49. The molecule has 1 heterocycles. The topological polar surface area (TPSA) is 61.3 Å². The first kappa shape index (κ1) is 12.0. The van der Waals surface area contributed by atoms with Gasteiger partial charge in [0.1, 0.15) is 5.75 Å². The van der Waals surface area contributed by atoms with E-state index in [4.69, 9.17) is 15.0 Å². The minimum atomic E-state index is 0.355. The van der Waals surface area contributed by atoms with Crippen molar-refractivity contribution in [1.82, 2.24) is 5.16 Å². The van der Waals surface area contributed by atoms with Gasteiger partial charge in [-0.25, -0.2) is 0 Å². The fraction of sp³-hybridized carbons (Fsp3) is 0.250. The molecule has 0 unspecified atom stereocenters. The highest BCUT2D eigenvalue weighted by Gasteiger charge is 2.18. The SMILES string of the molecule is COc1c(C)cc(C)c(Br)c1-c1cc(N)no1. The van der Waals surface area contributed by atoms with Gasteiger partial charge >= 0.3 is 0 Å². The number of aromatic nitrogens is 1. The summed E-state index contributed by atoms with van der Waals surface area (Å²) >= 11 is 3.54. The van der Waals surface area contributed by atoms with Gasteiger partial charge in [-0.05, 0) is 40.9 Å². The number of hydrogen-bond acceptors (Lipinski definition) is 4. The third kappa shape index (κ3) is 2.02. The van der Waals surface area contributed by atoms with Crippen molar-refractivity contribution in [3.8, 4) is 17.1 Å². The lowest BCUT2D eigenvalue weighted by Crippen LogP contribution is -1.94. The zero-order valence-corrected chi connectivity index (χ0v) is 11.5. The maximum atomic E-state index is 5.57. The molecule has 90 valence electrons. The van der Waals surface area contributed by atoms with Crippen LogP contribution in [0.5, 0.6) is 5.75 Å². The van der Waals surface area contributed by atoms with E-state index in [1.807, 2.05) is 19.9 Å². The lowest BCUT2D eigenvalue weighted by atomic mass is 10.0. The number of rotatable bonds is 2. The van der Waals surface area contributed by atoms with Crippen LogP contribution in [0.1, 0.15) is 11.1 Å². The van der Waals surface area contributed by atoms with Crippen molar-refractivity contribution >= 4 is 21.7 Å². The fourth-order valence-electron chi connectivity index (χ4n) is 1.84. The quantitative estimate of drug-likeness (QED) is 0.923. The van der Waals surface area contributed by atoms with Gasteiger partial charge < -0.3 is 15.0 Å². The second kappa shape index (κ2) is 4.41. The number of hydrogen-bond donors (Lipinski definition) is 1. The Bertz CT molecular complexity index is 564. The van der Waals surface area contributed by atoms with Crippen LogP contribution in [0.25, 0.3) is 11.3 Å². The van der Waals surface area contributed by atoms with Crippen LogP contribution in [0.4, 0.5) is 5.82 Å². The monoisotopic (exact) mass is 296 g/mol. The molecule has 0 spiro atoms. The molecule has 0 aliphatic heterocycles. The molecule has 0 radical (unpaired) electrons. The van der Waals surface area contributed by atoms with E-state index in [1.165, 1.54) is 0 Å². The first-order chi connectivity index (χ1) is 8.04. The van der Waals surface area contributed by atoms with E-state index in [0.29, 0.717) is 11.6 Å². The summed E-state index contributed by atoms with van der Waals surface area (Å²) in [6.45, 7) is 4.00. The van der Waals surface area contributed by atoms with Crippen LogP contribution in [0.2, 0.25) is 0 Å². The number of benzene rings is 1. The molecular weight excluding hydrogens is 284 g/mol. The molecule has 0 amide bonds. The van der Waals surface area contributed by atoms with Crippen LogP contribution in [-0.2, 0) is 0 Å². The molecule has 0 atom stereocenters. The van der Waals surface area contributed by atoms with Crippen molar-refractivity contribution < 1.29 is 9.26 Å². The van der Waals surface area contributed by atoms with Crippen LogP contribution < -0.4 is 10.5 Å². The van der Waals surface area contributed by atoms with Gasteiger partial charge in [0.15, 0.2) is 11.6 Å². The lowest BCUT2D eigenvalue weighted by molar-refractivity contribution is 0.404. The Balaban J connectivity index is 2.74. The number of halogens is 1. The van der Waals surface area contributed by atoms with Crippen LogP contribution in [0.15, 0.2) is 21.1 Å². The second-order valence-electron chi connectivity index (χ2n) is 3.85. The zero-order chi connectivity index (χ0) is 12.6. The molecule has 2 rings (SSSR count). The van der Waals surface area contributed by atoms with E-state index in [0.717, 1.165) is 26.9 Å². The first-order valence-corrected chi connectivity index (χ1v) is 5.90. The predicted molar refractivity (Wildman–Crippen MR) is 70.1 cm³/mol. The third-order valence-corrected chi connectivity index (χ3v) is 3.58. The molecule has 0 saturated heterocycles. The van der Waals surface area contributed by atoms with Gasteiger partial charge in [-0.15, -0.1) is 0 Å². The summed E-state index contributed by atoms with van der Waals surface area (Å²) in [5.74, 6) is 1.71. The molecule has 0 bridgehead atoms. The summed E-state index contributed by atoms with van der Waals surface area (Å²) in [5, 5.41) is 3.70. The summed E-state index contributed by atoms with van der Waals surface area (Å²) in [7, 11) is 1.63. The van der Waals surface area contributed by atoms with E-state index in [2.05, 4.69) is 21.1 Å². The molecule has 1 aromatic carbocycles. The van der Waals surface area contributed by atoms with Gasteiger partial charge in [0.25, 0.3) is 0 Å². The van der Waals surface area contributed by atoms with Gasteiger partial charge in [0.2, 0.25) is 0 Å². The van der Waals surface area contributed by atoms with E-state index in [-0.39, 0.29) is 0 Å². The van der Waals surface area contributed by atoms with E-state index >= 15 is 0 Å². The van der Waals surface area contributed by atoms with Crippen molar-refractivity contribution in [2.24, 2.45) is 0 Å². The maximum absolute atomic E-state index is 5.57. The van der Waals surface area contributed by atoms with E-state index in [9.17, 15) is 0 Å². The summed E-state index contributed by atoms with van der Waals surface area (Å²) in [6, 6.07) is 3.73. The molecule has 2 aromatic rings. The Morgan fingerprint density at radius 2 is 2.00 bits per heavy atom. The smallest absolute Gasteiger partial charge is 0.173 e. The Morgan fingerprint density at radius 3 is 2.53 bits per heavy atom. The van der Waals surface area contributed by atoms with Crippen molar-refractivity contribution in [2.45, 2.75) is 13.8 Å². The van der Waals surface area contributed by atoms with Gasteiger partial charge in [-0.1, -0.05) is 11.2 Å². The van der Waals surface area contributed by atoms with E-state index in [1.54, 1.807) is 13.2 Å². The largest absolute Gasteiger partial charge is 0.496 e. The second-order valence-corrected chi connectivity index (χ2v) is 4.64. The molecule has 5 heteroatoms. The number of aryl methyl sites for hydroxylation is 2. The summed E-state index contributed by atoms with van der Waals surface area (Å²) in [4.78, 5) is 0. The molecule has 2 N–H and O–H groups in total. The van der Waals surface area contributed by atoms with Crippen LogP contribution in [-0.4, -0.2) is 12.3 Å². The third-order valence-electron chi connectivity index (χ3n) is 2.56. The molecule has 0 aliphatic rings. The van der Waals surface area contributed by atoms with Gasteiger partial charge in [0.05, 0.1) is 12.7 Å². The molecule has 4 nitrogen and oxygen atoms in total. The highest BCUT2D eigenvalue weighted by molar-refractivity contribution is 9.10. The summed E-state index contributed by atoms with van der Waals surface area (Å²) in [5.41, 5.74) is 8.56. The summed E-state index contributed by atoms with van der Waals surface area (Å²) in [6.07, 6.45) is 0. The molecule has 1 aromatic heterocycles. The van der Waals surface area contributed by atoms with E-state index < -0.39 is 0 Å². The van der Waals surface area contributed by atoms with Crippen molar-refractivity contribution in [2.75, 3.05) is 12.8 Å². The van der Waals surface area contributed by atoms with Gasteiger partial charge in [-0.2, -0.15) is 0 Å². The average molecular weight is 297 g/mol. The van der Waals surface area contributed by atoms with Crippen molar-refractivity contribution in [3.63, 3.8) is 0 Å². The predicted octanol–water partition coefficient (Wildman–Crippen LogP) is 3.31. The Labute approximate surface area is 108 Å². The number of anilines is 1. The number of methoxy groups -OCH3 is 1. The molecule has 0 fully saturated rings. The Kier molecular flexibility index (Phi) is 3.11. The minimum Gasteiger partial charge on any atom is -0.496 e. The average Bonchev–Trinajstić information content (AvgIpc) is 2.69. The molecular formula is C12H13BrN2O2. The highest BCUT2D eigenvalue weighted by atomic mass is 79.9. The normalized spacial score (nSPS) is 10.6. The van der Waals surface area contributed by atoms with Gasteiger partial charge in [-0.3, -0.25) is 0 Å². The summed E-state index contributed by atoms with van der Waals surface area (Å²) < 4.78 is 11.5. The molecule has 0 aliphatic carbocycles. The number of nitrogens with zero attached hydrogens (tertiary/aromatic N) is 1. The van der Waals surface area contributed by atoms with Crippen LogP contribution in [0, 0.1) is 13.8 Å². The minimum absolute atomic E-state index is 0.355. The Morgan fingerprint density at radius 1 is 1.29 bits per heavy atom. The van der Waals surface area contributed by atoms with Crippen LogP contribution >= 0.6 is 15.9 Å². The zero-order valence-electron chi connectivity index (χ0n) is 9.87. The number of nitrogen functional groups attached to an aromatic ring is 1. The number of nitrogens with two attached hydrogens (primary N) is 1. The highest BCUT2D eigenvalue weighted by Crippen LogP contribution is 2.41. The molecule has 0 saturated carbocycles. The van der Waals surface area contributed by atoms with Crippen molar-refractivity contribution in [1.29, 1.82) is 0 Å². The maximum Gasteiger partial charge on any atom is 0.173 e. The number of ether oxygens (including phenoxy) is 1. The standard InChI is InChI=1S/C12H13BrN2O2/c1-6-4-7(2)12(16-3)10(11(6)13)8-5-9(14)15-17-8/h4-5H,1-3H3,(H2,14,15). The van der Waals surface area contributed by atoms with Crippen LogP contribution in [0.3, 0.4) is 0 Å². The van der Waals surface area contributed by atoms with Gasteiger partial charge in [0, 0.05) is 10.5 Å². The molecule has 17 heavy (non-hydrogen) atoms.